The summed E-state index contributed by atoms with van der Waals surface area (Å²) in [6.07, 6.45) is 0. The number of benzene rings is 1. The third kappa shape index (κ3) is 2.59. The van der Waals surface area contributed by atoms with Gasteiger partial charge in [0.15, 0.2) is 5.69 Å². The topological polar surface area (TPSA) is 83.8 Å². The lowest BCUT2D eigenvalue weighted by Crippen LogP contribution is -2.15. The van der Waals surface area contributed by atoms with Gasteiger partial charge in [0, 0.05) is 5.69 Å². The van der Waals surface area contributed by atoms with Crippen LogP contribution in [-0.4, -0.2) is 16.1 Å². The number of amides is 1. The highest BCUT2D eigenvalue weighted by Crippen LogP contribution is 2.24. The van der Waals surface area contributed by atoms with Crippen molar-refractivity contribution in [2.45, 2.75) is 26.7 Å². The summed E-state index contributed by atoms with van der Waals surface area (Å²) in [7, 11) is 0. The molecule has 100 valence electrons. The van der Waals surface area contributed by atoms with Crippen molar-refractivity contribution in [1.29, 1.82) is 0 Å². The lowest BCUT2D eigenvalue weighted by molar-refractivity contribution is 0.102. The van der Waals surface area contributed by atoms with Crippen LogP contribution >= 0.6 is 0 Å². The van der Waals surface area contributed by atoms with E-state index in [2.05, 4.69) is 29.4 Å². The van der Waals surface area contributed by atoms with Crippen LogP contribution in [0.2, 0.25) is 0 Å². The van der Waals surface area contributed by atoms with Gasteiger partial charge in [0.2, 0.25) is 0 Å². The number of hydrogen-bond acceptors (Lipinski definition) is 3. The van der Waals surface area contributed by atoms with Crippen LogP contribution in [0.25, 0.3) is 0 Å². The van der Waals surface area contributed by atoms with E-state index in [1.807, 2.05) is 24.3 Å². The second kappa shape index (κ2) is 5.14. The summed E-state index contributed by atoms with van der Waals surface area (Å²) >= 11 is 0. The van der Waals surface area contributed by atoms with Crippen LogP contribution in [0.4, 0.5) is 11.4 Å². The largest absolute Gasteiger partial charge is 0.395 e. The maximum atomic E-state index is 12.1. The van der Waals surface area contributed by atoms with Gasteiger partial charge in [-0.05, 0) is 24.5 Å². The number of anilines is 2. The molecule has 0 aliphatic heterocycles. The first-order valence-electron chi connectivity index (χ1n) is 6.21. The first kappa shape index (κ1) is 13.1. The van der Waals surface area contributed by atoms with E-state index >= 15 is 0 Å². The van der Waals surface area contributed by atoms with E-state index in [-0.39, 0.29) is 11.6 Å². The molecule has 0 spiro atoms. The predicted octanol–water partition coefficient (Wildman–Crippen LogP) is 2.68. The number of para-hydroxylation sites is 1. The molecule has 0 saturated heterocycles. The van der Waals surface area contributed by atoms with Gasteiger partial charge < -0.3 is 11.1 Å². The number of aromatic amines is 1. The molecule has 0 unspecified atom stereocenters. The highest BCUT2D eigenvalue weighted by molar-refractivity contribution is 6.06. The number of aryl methyl sites for hydroxylation is 1. The highest BCUT2D eigenvalue weighted by atomic mass is 16.2. The summed E-state index contributed by atoms with van der Waals surface area (Å²) in [6, 6.07) is 7.72. The van der Waals surface area contributed by atoms with Crippen LogP contribution in [0, 0.1) is 6.92 Å². The number of nitrogens with zero attached hydrogens (tertiary/aromatic N) is 1. The summed E-state index contributed by atoms with van der Waals surface area (Å²) in [4.78, 5) is 12.1. The van der Waals surface area contributed by atoms with Crippen molar-refractivity contribution in [3.8, 4) is 0 Å². The fourth-order valence-corrected chi connectivity index (χ4v) is 1.91. The summed E-state index contributed by atoms with van der Waals surface area (Å²) < 4.78 is 0. The Morgan fingerprint density at radius 1 is 1.37 bits per heavy atom. The summed E-state index contributed by atoms with van der Waals surface area (Å²) in [5.74, 6) is 0.0321. The molecule has 0 saturated carbocycles. The molecule has 1 amide bonds. The second-order valence-electron chi connectivity index (χ2n) is 4.81. The smallest absolute Gasteiger partial charge is 0.278 e. The van der Waals surface area contributed by atoms with Crippen molar-refractivity contribution in [2.24, 2.45) is 0 Å². The Morgan fingerprint density at radius 2 is 2.05 bits per heavy atom. The van der Waals surface area contributed by atoms with Crippen LogP contribution in [0.5, 0.6) is 0 Å². The van der Waals surface area contributed by atoms with Crippen molar-refractivity contribution in [3.05, 3.63) is 41.2 Å². The number of rotatable bonds is 3. The molecule has 0 radical (unpaired) electrons. The number of carbonyl (C=O) groups is 1. The van der Waals surface area contributed by atoms with Gasteiger partial charge in [-0.25, -0.2) is 0 Å². The average Bonchev–Trinajstić information content (AvgIpc) is 2.70. The Morgan fingerprint density at radius 3 is 2.63 bits per heavy atom. The number of aromatic nitrogens is 2. The molecule has 0 bridgehead atoms. The van der Waals surface area contributed by atoms with Gasteiger partial charge in [-0.3, -0.25) is 9.89 Å². The minimum absolute atomic E-state index is 0.232. The molecule has 1 aromatic carbocycles. The summed E-state index contributed by atoms with van der Waals surface area (Å²) in [5.41, 5.74) is 9.00. The van der Waals surface area contributed by atoms with Crippen molar-refractivity contribution in [3.63, 3.8) is 0 Å². The second-order valence-corrected chi connectivity index (χ2v) is 4.81. The van der Waals surface area contributed by atoms with E-state index < -0.39 is 0 Å². The third-order valence-corrected chi connectivity index (χ3v) is 3.04. The standard InChI is InChI=1S/C14H18N4O/c1-8(2)10-6-4-5-7-11(10)16-14(19)13-12(15)9(3)17-18-13/h4-8H,15H2,1-3H3,(H,16,19)(H,17,18). The molecule has 2 aromatic rings. The molecule has 19 heavy (non-hydrogen) atoms. The quantitative estimate of drug-likeness (QED) is 0.791. The fourth-order valence-electron chi connectivity index (χ4n) is 1.91. The van der Waals surface area contributed by atoms with Crippen molar-refractivity contribution >= 4 is 17.3 Å². The molecule has 4 N–H and O–H groups in total. The van der Waals surface area contributed by atoms with Gasteiger partial charge in [0.1, 0.15) is 0 Å². The third-order valence-electron chi connectivity index (χ3n) is 3.04. The molecule has 0 aliphatic rings. The first-order valence-corrected chi connectivity index (χ1v) is 6.21. The number of nitrogens with one attached hydrogen (secondary N) is 2. The number of H-pyrrole nitrogens is 1. The molecule has 1 heterocycles. The van der Waals surface area contributed by atoms with Crippen LogP contribution in [0.3, 0.4) is 0 Å². The lowest BCUT2D eigenvalue weighted by Gasteiger charge is -2.13. The zero-order chi connectivity index (χ0) is 14.0. The van der Waals surface area contributed by atoms with Gasteiger partial charge >= 0.3 is 0 Å². The number of carbonyl (C=O) groups excluding carboxylic acids is 1. The van der Waals surface area contributed by atoms with Crippen molar-refractivity contribution in [2.75, 3.05) is 11.1 Å². The Balaban J connectivity index is 2.27. The van der Waals surface area contributed by atoms with Crippen molar-refractivity contribution in [1.82, 2.24) is 10.2 Å². The minimum Gasteiger partial charge on any atom is -0.395 e. The Bertz CT molecular complexity index is 601. The van der Waals surface area contributed by atoms with E-state index in [1.165, 1.54) is 0 Å². The molecule has 5 nitrogen and oxygen atoms in total. The van der Waals surface area contributed by atoms with Gasteiger partial charge in [-0.1, -0.05) is 32.0 Å². The van der Waals surface area contributed by atoms with Crippen LogP contribution in [0.1, 0.15) is 41.5 Å². The van der Waals surface area contributed by atoms with E-state index in [9.17, 15) is 4.79 Å². The molecule has 0 fully saturated rings. The van der Waals surface area contributed by atoms with Crippen LogP contribution in [0.15, 0.2) is 24.3 Å². The average molecular weight is 258 g/mol. The fraction of sp³-hybridized carbons (Fsp3) is 0.286. The van der Waals surface area contributed by atoms with Gasteiger partial charge in [-0.2, -0.15) is 5.10 Å². The highest BCUT2D eigenvalue weighted by Gasteiger charge is 2.17. The van der Waals surface area contributed by atoms with Gasteiger partial charge in [-0.15, -0.1) is 0 Å². The molecule has 0 atom stereocenters. The predicted molar refractivity (Wildman–Crippen MR) is 76.2 cm³/mol. The zero-order valence-corrected chi connectivity index (χ0v) is 11.3. The molecule has 2 rings (SSSR count). The molecular weight excluding hydrogens is 240 g/mol. The monoisotopic (exact) mass is 258 g/mol. The van der Waals surface area contributed by atoms with E-state index in [1.54, 1.807) is 6.92 Å². The van der Waals surface area contributed by atoms with E-state index in [4.69, 9.17) is 5.73 Å². The number of hydrogen-bond donors (Lipinski definition) is 3. The van der Waals surface area contributed by atoms with E-state index in [0.717, 1.165) is 11.3 Å². The van der Waals surface area contributed by atoms with Gasteiger partial charge in [0.25, 0.3) is 5.91 Å². The van der Waals surface area contributed by atoms with E-state index in [0.29, 0.717) is 17.3 Å². The van der Waals surface area contributed by atoms with Crippen molar-refractivity contribution < 1.29 is 4.79 Å². The molecule has 1 aromatic heterocycles. The van der Waals surface area contributed by atoms with Gasteiger partial charge in [0.05, 0.1) is 11.4 Å². The maximum Gasteiger partial charge on any atom is 0.278 e. The Kier molecular flexibility index (Phi) is 3.55. The minimum atomic E-state index is -0.296. The SMILES string of the molecule is Cc1[nH]nc(C(=O)Nc2ccccc2C(C)C)c1N. The number of nitrogen functional groups attached to an aromatic ring is 1. The Hall–Kier alpha value is -2.30. The summed E-state index contributed by atoms with van der Waals surface area (Å²) in [6.45, 7) is 5.94. The maximum absolute atomic E-state index is 12.1. The van der Waals surface area contributed by atoms with Crippen LogP contribution in [-0.2, 0) is 0 Å². The normalized spacial score (nSPS) is 10.7. The zero-order valence-electron chi connectivity index (χ0n) is 11.3. The molecule has 0 aliphatic carbocycles. The summed E-state index contributed by atoms with van der Waals surface area (Å²) in [5, 5.41) is 9.49. The Labute approximate surface area is 112 Å². The molecule has 5 heteroatoms. The number of nitrogens with two attached hydrogens (primary N) is 1. The lowest BCUT2D eigenvalue weighted by atomic mass is 10.0. The first-order chi connectivity index (χ1) is 9.00. The molecular formula is C14H18N4O. The van der Waals surface area contributed by atoms with Crippen LogP contribution < -0.4 is 11.1 Å².